The maximum Gasteiger partial charge on any atom is 0.247 e. The van der Waals surface area contributed by atoms with E-state index in [0.717, 1.165) is 28.8 Å². The fourth-order valence-electron chi connectivity index (χ4n) is 2.99. The van der Waals surface area contributed by atoms with Crippen LogP contribution in [0.4, 0.5) is 0 Å². The third-order valence-corrected chi connectivity index (χ3v) is 4.06. The maximum absolute atomic E-state index is 5.73. The van der Waals surface area contributed by atoms with Gasteiger partial charge < -0.3 is 9.15 Å². The second kappa shape index (κ2) is 6.16. The van der Waals surface area contributed by atoms with Crippen LogP contribution in [0.25, 0.3) is 17.0 Å². The normalized spacial score (nSPS) is 13.0. The second-order valence-electron chi connectivity index (χ2n) is 6.35. The van der Waals surface area contributed by atoms with E-state index in [4.69, 9.17) is 9.15 Å². The number of rotatable bonds is 4. The molecule has 0 saturated heterocycles. The molecule has 0 N–H and O–H groups in total. The molecule has 0 unspecified atom stereocenters. The number of ether oxygens (including phenoxy) is 1. The van der Waals surface area contributed by atoms with Crippen LogP contribution in [0.2, 0.25) is 0 Å². The van der Waals surface area contributed by atoms with E-state index >= 15 is 0 Å². The Balaban J connectivity index is 1.71. The molecule has 5 heteroatoms. The average Bonchev–Trinajstić information content (AvgIpc) is 3.20. The Morgan fingerprint density at radius 2 is 2.00 bits per heavy atom. The van der Waals surface area contributed by atoms with Crippen molar-refractivity contribution in [2.45, 2.75) is 33.3 Å². The molecule has 2 heterocycles. The van der Waals surface area contributed by atoms with Crippen molar-refractivity contribution in [3.63, 3.8) is 0 Å². The number of aromatic nitrogens is 3. The highest BCUT2D eigenvalue weighted by Crippen LogP contribution is 2.35. The van der Waals surface area contributed by atoms with Crippen molar-refractivity contribution in [1.82, 2.24) is 15.2 Å². The van der Waals surface area contributed by atoms with E-state index in [1.807, 2.05) is 38.1 Å². The van der Waals surface area contributed by atoms with Crippen molar-refractivity contribution >= 4 is 5.57 Å². The molecular weight excluding hydrogens is 314 g/mol. The van der Waals surface area contributed by atoms with Gasteiger partial charge in [-0.15, -0.1) is 10.2 Å². The predicted molar refractivity (Wildman–Crippen MR) is 95.3 cm³/mol. The molecule has 4 rings (SSSR count). The van der Waals surface area contributed by atoms with Crippen LogP contribution in [0.3, 0.4) is 0 Å². The largest absolute Gasteiger partial charge is 0.475 e. The van der Waals surface area contributed by atoms with Crippen molar-refractivity contribution in [2.24, 2.45) is 0 Å². The Bertz CT molecular complexity index is 957. The Morgan fingerprint density at radius 1 is 1.12 bits per heavy atom. The molecule has 0 radical (unpaired) electrons. The minimum Gasteiger partial charge on any atom is -0.475 e. The summed E-state index contributed by atoms with van der Waals surface area (Å²) in [5.74, 6) is 1.74. The molecule has 1 aromatic carbocycles. The van der Waals surface area contributed by atoms with Gasteiger partial charge in [-0.3, -0.25) is 0 Å². The summed E-state index contributed by atoms with van der Waals surface area (Å²) in [6.45, 7) is 5.79. The van der Waals surface area contributed by atoms with Gasteiger partial charge in [0.25, 0.3) is 0 Å². The fourth-order valence-corrected chi connectivity index (χ4v) is 2.99. The van der Waals surface area contributed by atoms with Crippen LogP contribution in [-0.4, -0.2) is 21.3 Å². The zero-order chi connectivity index (χ0) is 17.4. The van der Waals surface area contributed by atoms with Crippen LogP contribution in [0.1, 0.15) is 36.6 Å². The lowest BCUT2D eigenvalue weighted by atomic mass is 10.00. The van der Waals surface area contributed by atoms with Crippen LogP contribution < -0.4 is 4.74 Å². The molecule has 0 fully saturated rings. The van der Waals surface area contributed by atoms with Gasteiger partial charge in [-0.1, -0.05) is 18.2 Å². The van der Waals surface area contributed by atoms with Crippen LogP contribution in [0, 0.1) is 6.92 Å². The van der Waals surface area contributed by atoms with E-state index in [2.05, 4.69) is 33.4 Å². The van der Waals surface area contributed by atoms with Crippen molar-refractivity contribution in [2.75, 3.05) is 0 Å². The smallest absolute Gasteiger partial charge is 0.247 e. The lowest BCUT2D eigenvalue weighted by molar-refractivity contribution is 0.232. The van der Waals surface area contributed by atoms with Crippen LogP contribution in [0.15, 0.2) is 46.9 Å². The molecule has 0 amide bonds. The first-order chi connectivity index (χ1) is 12.1. The zero-order valence-corrected chi connectivity index (χ0v) is 14.5. The molecule has 0 aliphatic heterocycles. The van der Waals surface area contributed by atoms with Gasteiger partial charge in [0, 0.05) is 24.1 Å². The first-order valence-corrected chi connectivity index (χ1v) is 8.38. The summed E-state index contributed by atoms with van der Waals surface area (Å²) in [5, 5.41) is 8.03. The molecule has 1 aliphatic carbocycles. The van der Waals surface area contributed by atoms with Gasteiger partial charge in [0.1, 0.15) is 0 Å². The van der Waals surface area contributed by atoms with Crippen molar-refractivity contribution in [3.05, 3.63) is 65.2 Å². The highest BCUT2D eigenvalue weighted by Gasteiger charge is 2.19. The molecule has 25 heavy (non-hydrogen) atoms. The first-order valence-electron chi connectivity index (χ1n) is 8.38. The summed E-state index contributed by atoms with van der Waals surface area (Å²) in [6, 6.07) is 12.1. The number of allylic oxidation sites excluding steroid dienone is 1. The Hall–Kier alpha value is -2.95. The van der Waals surface area contributed by atoms with E-state index in [0.29, 0.717) is 17.7 Å². The van der Waals surface area contributed by atoms with Gasteiger partial charge in [-0.2, -0.15) is 0 Å². The SMILES string of the molecule is Cc1nnc(-c2ccc3c(c2)C(c2cccc(OC(C)C)n2)=CC3)o1. The fraction of sp³-hybridized carbons (Fsp3) is 0.250. The van der Waals surface area contributed by atoms with Crippen LogP contribution in [0.5, 0.6) is 5.88 Å². The molecule has 5 nitrogen and oxygen atoms in total. The highest BCUT2D eigenvalue weighted by molar-refractivity contribution is 5.85. The third kappa shape index (κ3) is 3.05. The number of benzene rings is 1. The van der Waals surface area contributed by atoms with Crippen LogP contribution in [-0.2, 0) is 6.42 Å². The molecule has 126 valence electrons. The topological polar surface area (TPSA) is 61.0 Å². The number of aryl methyl sites for hydroxylation is 1. The predicted octanol–water partition coefficient (Wildman–Crippen LogP) is 4.22. The van der Waals surface area contributed by atoms with E-state index in [1.165, 1.54) is 5.56 Å². The van der Waals surface area contributed by atoms with E-state index in [9.17, 15) is 0 Å². The van der Waals surface area contributed by atoms with Gasteiger partial charge in [-0.25, -0.2) is 4.98 Å². The van der Waals surface area contributed by atoms with Crippen LogP contribution >= 0.6 is 0 Å². The summed E-state index contributed by atoms with van der Waals surface area (Å²) in [4.78, 5) is 4.66. The summed E-state index contributed by atoms with van der Waals surface area (Å²) in [7, 11) is 0. The Kier molecular flexibility index (Phi) is 3.84. The van der Waals surface area contributed by atoms with Gasteiger partial charge >= 0.3 is 0 Å². The van der Waals surface area contributed by atoms with Gasteiger partial charge in [-0.05, 0) is 49.6 Å². The molecule has 0 saturated carbocycles. The van der Waals surface area contributed by atoms with Crippen molar-refractivity contribution < 1.29 is 9.15 Å². The molecule has 3 aromatic rings. The summed E-state index contributed by atoms with van der Waals surface area (Å²) >= 11 is 0. The first kappa shape index (κ1) is 15.6. The van der Waals surface area contributed by atoms with Crippen molar-refractivity contribution in [1.29, 1.82) is 0 Å². The summed E-state index contributed by atoms with van der Waals surface area (Å²) < 4.78 is 11.3. The lowest BCUT2D eigenvalue weighted by Crippen LogP contribution is -2.07. The number of fused-ring (bicyclic) bond motifs is 1. The lowest BCUT2D eigenvalue weighted by Gasteiger charge is -2.11. The monoisotopic (exact) mass is 333 g/mol. The number of pyridine rings is 1. The van der Waals surface area contributed by atoms with Gasteiger partial charge in [0.05, 0.1) is 11.8 Å². The highest BCUT2D eigenvalue weighted by atomic mass is 16.5. The third-order valence-electron chi connectivity index (χ3n) is 4.06. The average molecular weight is 333 g/mol. The minimum atomic E-state index is 0.0972. The maximum atomic E-state index is 5.73. The zero-order valence-electron chi connectivity index (χ0n) is 14.5. The summed E-state index contributed by atoms with van der Waals surface area (Å²) in [5.41, 5.74) is 5.37. The minimum absolute atomic E-state index is 0.0972. The molecule has 1 aliphatic rings. The Labute approximate surface area is 146 Å². The summed E-state index contributed by atoms with van der Waals surface area (Å²) in [6.07, 6.45) is 3.19. The Morgan fingerprint density at radius 3 is 2.76 bits per heavy atom. The second-order valence-corrected chi connectivity index (χ2v) is 6.35. The number of hydrogen-bond acceptors (Lipinski definition) is 5. The molecule has 0 atom stereocenters. The number of nitrogens with zero attached hydrogens (tertiary/aromatic N) is 3. The van der Waals surface area contributed by atoms with Gasteiger partial charge in [0.2, 0.25) is 17.7 Å². The molecular formula is C20H19N3O2. The van der Waals surface area contributed by atoms with E-state index in [1.54, 1.807) is 6.92 Å². The molecule has 0 spiro atoms. The number of hydrogen-bond donors (Lipinski definition) is 0. The standard InChI is InChI=1S/C20H19N3O2/c1-12(2)24-19-6-4-5-18(21-19)16-10-9-14-7-8-15(11-17(14)16)20-23-22-13(3)25-20/h4-8,10-12H,9H2,1-3H3. The van der Waals surface area contributed by atoms with Crippen molar-refractivity contribution in [3.8, 4) is 17.3 Å². The quantitative estimate of drug-likeness (QED) is 0.715. The van der Waals surface area contributed by atoms with E-state index < -0.39 is 0 Å². The van der Waals surface area contributed by atoms with E-state index in [-0.39, 0.29) is 6.10 Å². The molecule has 2 aromatic heterocycles. The molecule has 0 bridgehead atoms. The van der Waals surface area contributed by atoms with Gasteiger partial charge in [0.15, 0.2) is 0 Å².